The molecule has 0 aromatic rings. The fourth-order valence-electron chi connectivity index (χ4n) is 1.18. The molecule has 0 N–H and O–H groups in total. The van der Waals surface area contributed by atoms with Gasteiger partial charge in [-0.2, -0.15) is 0 Å². The Morgan fingerprint density at radius 2 is 2.00 bits per heavy atom. The molecule has 3 atom stereocenters. The molecule has 0 aliphatic carbocycles. The van der Waals surface area contributed by atoms with E-state index in [1.807, 2.05) is 0 Å². The molecule has 88 valence electrons. The lowest BCUT2D eigenvalue weighted by molar-refractivity contribution is -0.217. The minimum absolute atomic E-state index is 0.488. The van der Waals surface area contributed by atoms with Gasteiger partial charge in [-0.1, -0.05) is 34.8 Å². The van der Waals surface area contributed by atoms with Crippen LogP contribution in [0.2, 0.25) is 0 Å². The molecule has 3 unspecified atom stereocenters. The fourth-order valence-corrected chi connectivity index (χ4v) is 1.47. The standard InChI is InChI=1S/C8H11Cl3O4/c1-4-7(3,14-5(2)12)15-6(13-4)8(9,10)11/h4,6H,1-3H3. The summed E-state index contributed by atoms with van der Waals surface area (Å²) in [6, 6.07) is 0. The molecular weight excluding hydrogens is 266 g/mol. The van der Waals surface area contributed by atoms with Crippen molar-refractivity contribution in [2.75, 3.05) is 0 Å². The number of rotatable bonds is 1. The van der Waals surface area contributed by atoms with E-state index < -0.39 is 27.9 Å². The second kappa shape index (κ2) is 4.26. The highest BCUT2D eigenvalue weighted by Gasteiger charge is 2.53. The van der Waals surface area contributed by atoms with Crippen molar-refractivity contribution >= 4 is 40.8 Å². The Morgan fingerprint density at radius 1 is 1.47 bits per heavy atom. The van der Waals surface area contributed by atoms with E-state index in [0.29, 0.717) is 0 Å². The van der Waals surface area contributed by atoms with Crippen LogP contribution < -0.4 is 0 Å². The van der Waals surface area contributed by atoms with Gasteiger partial charge in [-0.15, -0.1) is 0 Å². The molecule has 1 heterocycles. The largest absolute Gasteiger partial charge is 0.431 e. The van der Waals surface area contributed by atoms with Gasteiger partial charge in [0, 0.05) is 13.8 Å². The molecule has 1 rings (SSSR count). The average Bonchev–Trinajstić information content (AvgIpc) is 2.25. The molecule has 7 heteroatoms. The van der Waals surface area contributed by atoms with Crippen molar-refractivity contribution in [3.05, 3.63) is 0 Å². The molecule has 0 bridgehead atoms. The average molecular weight is 278 g/mol. The number of carbonyl (C=O) groups excluding carboxylic acids is 1. The molecule has 4 nitrogen and oxygen atoms in total. The molecular formula is C8H11Cl3O4. The van der Waals surface area contributed by atoms with Crippen LogP contribution in [0, 0.1) is 0 Å². The lowest BCUT2D eigenvalue weighted by Gasteiger charge is -2.26. The van der Waals surface area contributed by atoms with Gasteiger partial charge in [0.15, 0.2) is 0 Å². The van der Waals surface area contributed by atoms with Crippen LogP contribution in [0.1, 0.15) is 20.8 Å². The number of alkyl halides is 3. The van der Waals surface area contributed by atoms with Crippen molar-refractivity contribution in [3.63, 3.8) is 0 Å². The maximum Gasteiger partial charge on any atom is 0.305 e. The van der Waals surface area contributed by atoms with E-state index in [9.17, 15) is 4.79 Å². The molecule has 1 saturated heterocycles. The van der Waals surface area contributed by atoms with Crippen LogP contribution >= 0.6 is 34.8 Å². The Bertz CT molecular complexity index is 265. The van der Waals surface area contributed by atoms with Gasteiger partial charge in [-0.3, -0.25) is 4.79 Å². The van der Waals surface area contributed by atoms with Crippen molar-refractivity contribution in [1.29, 1.82) is 0 Å². The van der Waals surface area contributed by atoms with E-state index in [4.69, 9.17) is 49.0 Å². The van der Waals surface area contributed by atoms with E-state index in [2.05, 4.69) is 0 Å². The van der Waals surface area contributed by atoms with Crippen LogP contribution in [0.4, 0.5) is 0 Å². The number of halogens is 3. The third kappa shape index (κ3) is 3.11. The smallest absolute Gasteiger partial charge is 0.305 e. The highest BCUT2D eigenvalue weighted by Crippen LogP contribution is 2.42. The summed E-state index contributed by atoms with van der Waals surface area (Å²) in [5.74, 6) is -1.71. The van der Waals surface area contributed by atoms with Crippen LogP contribution in [-0.4, -0.2) is 27.9 Å². The number of hydrogen-bond donors (Lipinski definition) is 0. The van der Waals surface area contributed by atoms with Crippen LogP contribution in [0.3, 0.4) is 0 Å². The summed E-state index contributed by atoms with van der Waals surface area (Å²) in [6.45, 7) is 4.48. The third-order valence-corrected chi connectivity index (χ3v) is 2.56. The van der Waals surface area contributed by atoms with E-state index in [-0.39, 0.29) is 0 Å². The quantitative estimate of drug-likeness (QED) is 0.545. The summed E-state index contributed by atoms with van der Waals surface area (Å²) < 4.78 is 13.8. The topological polar surface area (TPSA) is 44.8 Å². The zero-order valence-corrected chi connectivity index (χ0v) is 10.7. The van der Waals surface area contributed by atoms with Crippen LogP contribution in [0.25, 0.3) is 0 Å². The van der Waals surface area contributed by atoms with Gasteiger partial charge < -0.3 is 14.2 Å². The van der Waals surface area contributed by atoms with Crippen LogP contribution in [0.15, 0.2) is 0 Å². The Labute approximate surface area is 103 Å². The van der Waals surface area contributed by atoms with E-state index in [1.165, 1.54) is 6.92 Å². The van der Waals surface area contributed by atoms with Crippen molar-refractivity contribution in [2.24, 2.45) is 0 Å². The predicted octanol–water partition coefficient (Wildman–Crippen LogP) is 2.40. The number of esters is 1. The fraction of sp³-hybridized carbons (Fsp3) is 0.875. The first-order valence-electron chi connectivity index (χ1n) is 4.25. The van der Waals surface area contributed by atoms with Crippen molar-refractivity contribution in [2.45, 2.75) is 42.7 Å². The first kappa shape index (κ1) is 13.3. The molecule has 0 aromatic carbocycles. The predicted molar refractivity (Wildman–Crippen MR) is 55.9 cm³/mol. The lowest BCUT2D eigenvalue weighted by atomic mass is 10.2. The Morgan fingerprint density at radius 3 is 2.33 bits per heavy atom. The van der Waals surface area contributed by atoms with Crippen LogP contribution in [0.5, 0.6) is 0 Å². The molecule has 1 fully saturated rings. The molecule has 1 aliphatic heterocycles. The molecule has 0 spiro atoms. The molecule has 0 radical (unpaired) electrons. The highest BCUT2D eigenvalue weighted by atomic mass is 35.6. The SMILES string of the molecule is CC(=O)OC1(C)OC(C(Cl)(Cl)Cl)OC1C. The summed E-state index contributed by atoms with van der Waals surface area (Å²) >= 11 is 16.8. The lowest BCUT2D eigenvalue weighted by Crippen LogP contribution is -2.40. The maximum absolute atomic E-state index is 10.9. The summed E-state index contributed by atoms with van der Waals surface area (Å²) in [5, 5.41) is 0. The monoisotopic (exact) mass is 276 g/mol. The Kier molecular flexibility index (Phi) is 3.78. The Balaban J connectivity index is 2.75. The van der Waals surface area contributed by atoms with E-state index in [1.54, 1.807) is 13.8 Å². The van der Waals surface area contributed by atoms with Crippen molar-refractivity contribution in [3.8, 4) is 0 Å². The highest BCUT2D eigenvalue weighted by molar-refractivity contribution is 6.67. The second-order valence-electron chi connectivity index (χ2n) is 3.38. The first-order chi connectivity index (χ1) is 6.65. The molecule has 1 aliphatic rings. The summed E-state index contributed by atoms with van der Waals surface area (Å²) in [4.78, 5) is 10.9. The maximum atomic E-state index is 10.9. The van der Waals surface area contributed by atoms with Gasteiger partial charge in [0.1, 0.15) is 6.10 Å². The third-order valence-electron chi connectivity index (χ3n) is 2.02. The minimum Gasteiger partial charge on any atom is -0.431 e. The van der Waals surface area contributed by atoms with E-state index >= 15 is 0 Å². The summed E-state index contributed by atoms with van der Waals surface area (Å²) in [7, 11) is 0. The molecule has 15 heavy (non-hydrogen) atoms. The van der Waals surface area contributed by atoms with Gasteiger partial charge in [-0.25, -0.2) is 0 Å². The van der Waals surface area contributed by atoms with Crippen LogP contribution in [-0.2, 0) is 19.0 Å². The normalized spacial score (nSPS) is 36.7. The molecule has 0 amide bonds. The number of carbonyl (C=O) groups is 1. The van der Waals surface area contributed by atoms with Gasteiger partial charge >= 0.3 is 5.97 Å². The first-order valence-corrected chi connectivity index (χ1v) is 5.38. The number of ether oxygens (including phenoxy) is 3. The zero-order chi connectivity index (χ0) is 11.9. The molecule has 0 saturated carbocycles. The second-order valence-corrected chi connectivity index (χ2v) is 5.75. The van der Waals surface area contributed by atoms with Gasteiger partial charge in [0.25, 0.3) is 0 Å². The van der Waals surface area contributed by atoms with Gasteiger partial charge in [0.2, 0.25) is 15.9 Å². The van der Waals surface area contributed by atoms with E-state index in [0.717, 1.165) is 0 Å². The van der Waals surface area contributed by atoms with Crippen molar-refractivity contribution in [1.82, 2.24) is 0 Å². The number of hydrogen-bond acceptors (Lipinski definition) is 4. The summed E-state index contributed by atoms with van der Waals surface area (Å²) in [6.07, 6.45) is -1.57. The van der Waals surface area contributed by atoms with Gasteiger partial charge in [-0.05, 0) is 6.92 Å². The molecule has 0 aromatic heterocycles. The Hall–Kier alpha value is 0.260. The summed E-state index contributed by atoms with van der Waals surface area (Å²) in [5.41, 5.74) is 0. The zero-order valence-electron chi connectivity index (χ0n) is 8.42. The van der Waals surface area contributed by atoms with Crippen molar-refractivity contribution < 1.29 is 19.0 Å². The minimum atomic E-state index is -1.72. The van der Waals surface area contributed by atoms with Gasteiger partial charge in [0.05, 0.1) is 0 Å².